The normalized spacial score (nSPS) is 10.0. The summed E-state index contributed by atoms with van der Waals surface area (Å²) < 4.78 is 5.00. The number of amides is 1. The highest BCUT2D eigenvalue weighted by Gasteiger charge is 2.17. The SMILES string of the molecule is CCOCC(=O)N(C)c1ccccc1C(=O)O. The van der Waals surface area contributed by atoms with Gasteiger partial charge in [-0.1, -0.05) is 12.1 Å². The van der Waals surface area contributed by atoms with E-state index in [1.165, 1.54) is 18.0 Å². The molecular formula is C12H15NO4. The Hall–Kier alpha value is -1.88. The van der Waals surface area contributed by atoms with Gasteiger partial charge >= 0.3 is 5.97 Å². The first-order valence-electron chi connectivity index (χ1n) is 5.24. The van der Waals surface area contributed by atoms with Crippen molar-refractivity contribution in [1.82, 2.24) is 0 Å². The molecule has 0 saturated carbocycles. The zero-order valence-electron chi connectivity index (χ0n) is 9.84. The fourth-order valence-corrected chi connectivity index (χ4v) is 1.37. The second-order valence-electron chi connectivity index (χ2n) is 3.41. The number of aromatic carboxylic acids is 1. The number of ether oxygens (including phenoxy) is 1. The molecule has 5 nitrogen and oxygen atoms in total. The standard InChI is InChI=1S/C12H15NO4/c1-3-17-8-11(14)13(2)10-7-5-4-6-9(10)12(15)16/h4-7H,3,8H2,1-2H3,(H,15,16). The molecule has 0 radical (unpaired) electrons. The fourth-order valence-electron chi connectivity index (χ4n) is 1.37. The van der Waals surface area contributed by atoms with Crippen LogP contribution in [0.5, 0.6) is 0 Å². The summed E-state index contributed by atoms with van der Waals surface area (Å²) in [5.41, 5.74) is 0.463. The lowest BCUT2D eigenvalue weighted by molar-refractivity contribution is -0.122. The first kappa shape index (κ1) is 13.2. The van der Waals surface area contributed by atoms with Gasteiger partial charge in [-0.05, 0) is 19.1 Å². The van der Waals surface area contributed by atoms with Crippen molar-refractivity contribution in [2.45, 2.75) is 6.92 Å². The number of benzene rings is 1. The topological polar surface area (TPSA) is 66.8 Å². The van der Waals surface area contributed by atoms with Crippen molar-refractivity contribution in [3.05, 3.63) is 29.8 Å². The van der Waals surface area contributed by atoms with Crippen molar-refractivity contribution in [3.63, 3.8) is 0 Å². The number of nitrogens with zero attached hydrogens (tertiary/aromatic N) is 1. The largest absolute Gasteiger partial charge is 0.478 e. The molecule has 0 aliphatic heterocycles. The van der Waals surface area contributed by atoms with E-state index in [4.69, 9.17) is 9.84 Å². The van der Waals surface area contributed by atoms with Crippen LogP contribution in [0.15, 0.2) is 24.3 Å². The lowest BCUT2D eigenvalue weighted by Crippen LogP contribution is -2.31. The third-order valence-corrected chi connectivity index (χ3v) is 2.30. The summed E-state index contributed by atoms with van der Waals surface area (Å²) in [6, 6.07) is 6.36. The van der Waals surface area contributed by atoms with Crippen LogP contribution in [0.1, 0.15) is 17.3 Å². The molecule has 1 aromatic carbocycles. The molecule has 0 unspecified atom stereocenters. The number of para-hydroxylation sites is 1. The number of carboxylic acids is 1. The summed E-state index contributed by atoms with van der Waals surface area (Å²) in [6.07, 6.45) is 0. The van der Waals surface area contributed by atoms with Gasteiger partial charge in [0.1, 0.15) is 6.61 Å². The smallest absolute Gasteiger partial charge is 0.337 e. The Morgan fingerprint density at radius 1 is 1.35 bits per heavy atom. The molecule has 0 aliphatic carbocycles. The van der Waals surface area contributed by atoms with E-state index < -0.39 is 5.97 Å². The second-order valence-corrected chi connectivity index (χ2v) is 3.41. The monoisotopic (exact) mass is 237 g/mol. The van der Waals surface area contributed by atoms with Crippen molar-refractivity contribution in [2.24, 2.45) is 0 Å². The minimum atomic E-state index is -1.06. The number of hydrogen-bond acceptors (Lipinski definition) is 3. The van der Waals surface area contributed by atoms with E-state index in [1.807, 2.05) is 0 Å². The molecule has 0 spiro atoms. The van der Waals surface area contributed by atoms with Gasteiger partial charge < -0.3 is 14.7 Å². The van der Waals surface area contributed by atoms with Gasteiger partial charge in [0.15, 0.2) is 0 Å². The van der Waals surface area contributed by atoms with Gasteiger partial charge in [-0.3, -0.25) is 4.79 Å². The van der Waals surface area contributed by atoms with Gasteiger partial charge in [0.2, 0.25) is 0 Å². The number of carboxylic acid groups (broad SMARTS) is 1. The van der Waals surface area contributed by atoms with Gasteiger partial charge in [-0.2, -0.15) is 0 Å². The molecule has 0 fully saturated rings. The van der Waals surface area contributed by atoms with E-state index in [-0.39, 0.29) is 18.1 Å². The average molecular weight is 237 g/mol. The molecule has 17 heavy (non-hydrogen) atoms. The summed E-state index contributed by atoms with van der Waals surface area (Å²) in [5.74, 6) is -1.34. The molecule has 0 heterocycles. The molecule has 92 valence electrons. The zero-order chi connectivity index (χ0) is 12.8. The highest BCUT2D eigenvalue weighted by molar-refractivity contribution is 6.01. The molecule has 0 saturated heterocycles. The molecule has 1 N–H and O–H groups in total. The second kappa shape index (κ2) is 6.00. The summed E-state index contributed by atoms with van der Waals surface area (Å²) in [7, 11) is 1.53. The molecule has 1 rings (SSSR count). The third kappa shape index (κ3) is 3.29. The van der Waals surface area contributed by atoms with Crippen LogP contribution in [-0.2, 0) is 9.53 Å². The van der Waals surface area contributed by atoms with Crippen LogP contribution in [0.25, 0.3) is 0 Å². The predicted molar refractivity (Wildman–Crippen MR) is 63.3 cm³/mol. The molecule has 1 aromatic rings. The molecule has 5 heteroatoms. The van der Waals surface area contributed by atoms with Gasteiger partial charge in [0, 0.05) is 13.7 Å². The van der Waals surface area contributed by atoms with Gasteiger partial charge in [-0.15, -0.1) is 0 Å². The van der Waals surface area contributed by atoms with Crippen LogP contribution >= 0.6 is 0 Å². The Morgan fingerprint density at radius 3 is 2.59 bits per heavy atom. The first-order valence-corrected chi connectivity index (χ1v) is 5.24. The minimum absolute atomic E-state index is 0.0546. The highest BCUT2D eigenvalue weighted by Crippen LogP contribution is 2.19. The summed E-state index contributed by atoms with van der Waals surface area (Å²) >= 11 is 0. The molecular weight excluding hydrogens is 222 g/mol. The van der Waals surface area contributed by atoms with E-state index in [0.717, 1.165) is 0 Å². The Bertz CT molecular complexity index is 417. The Kier molecular flexibility index (Phi) is 4.66. The quantitative estimate of drug-likeness (QED) is 0.840. The van der Waals surface area contributed by atoms with E-state index in [0.29, 0.717) is 12.3 Å². The van der Waals surface area contributed by atoms with Crippen molar-refractivity contribution in [2.75, 3.05) is 25.2 Å². The van der Waals surface area contributed by atoms with Crippen molar-refractivity contribution < 1.29 is 19.4 Å². The van der Waals surface area contributed by atoms with E-state index >= 15 is 0 Å². The molecule has 0 aromatic heterocycles. The number of carbonyl (C=O) groups excluding carboxylic acids is 1. The molecule has 1 amide bonds. The average Bonchev–Trinajstić information content (AvgIpc) is 2.34. The minimum Gasteiger partial charge on any atom is -0.478 e. The third-order valence-electron chi connectivity index (χ3n) is 2.30. The Balaban J connectivity index is 2.91. The van der Waals surface area contributed by atoms with Crippen LogP contribution in [-0.4, -0.2) is 37.2 Å². The number of rotatable bonds is 5. The maximum Gasteiger partial charge on any atom is 0.337 e. The Labute approximate surface area is 99.6 Å². The van der Waals surface area contributed by atoms with Crippen molar-refractivity contribution >= 4 is 17.6 Å². The molecule has 0 aliphatic rings. The fraction of sp³-hybridized carbons (Fsp3) is 0.333. The van der Waals surface area contributed by atoms with E-state index in [1.54, 1.807) is 25.1 Å². The summed E-state index contributed by atoms with van der Waals surface area (Å²) in [4.78, 5) is 24.0. The van der Waals surface area contributed by atoms with Crippen molar-refractivity contribution in [3.8, 4) is 0 Å². The van der Waals surface area contributed by atoms with Crippen LogP contribution in [0, 0.1) is 0 Å². The van der Waals surface area contributed by atoms with Gasteiger partial charge in [0.05, 0.1) is 11.3 Å². The highest BCUT2D eigenvalue weighted by atomic mass is 16.5. The van der Waals surface area contributed by atoms with Crippen LogP contribution in [0.3, 0.4) is 0 Å². The summed E-state index contributed by atoms with van der Waals surface area (Å²) in [6.45, 7) is 2.18. The maximum absolute atomic E-state index is 11.7. The van der Waals surface area contributed by atoms with Gasteiger partial charge in [-0.25, -0.2) is 4.79 Å². The zero-order valence-corrected chi connectivity index (χ0v) is 9.84. The van der Waals surface area contributed by atoms with Crippen LogP contribution in [0.4, 0.5) is 5.69 Å². The summed E-state index contributed by atoms with van der Waals surface area (Å²) in [5, 5.41) is 9.00. The number of anilines is 1. The number of likely N-dealkylation sites (N-methyl/N-ethyl adjacent to an activating group) is 1. The van der Waals surface area contributed by atoms with Crippen LogP contribution in [0.2, 0.25) is 0 Å². The number of carbonyl (C=O) groups is 2. The number of hydrogen-bond donors (Lipinski definition) is 1. The van der Waals surface area contributed by atoms with Gasteiger partial charge in [0.25, 0.3) is 5.91 Å². The predicted octanol–water partition coefficient (Wildman–Crippen LogP) is 1.38. The Morgan fingerprint density at radius 2 is 2.00 bits per heavy atom. The van der Waals surface area contributed by atoms with E-state index in [9.17, 15) is 9.59 Å². The molecule has 0 atom stereocenters. The lowest BCUT2D eigenvalue weighted by atomic mass is 10.1. The maximum atomic E-state index is 11.7. The lowest BCUT2D eigenvalue weighted by Gasteiger charge is -2.19. The van der Waals surface area contributed by atoms with Crippen LogP contribution < -0.4 is 4.90 Å². The first-order chi connectivity index (χ1) is 8.07. The molecule has 0 bridgehead atoms. The van der Waals surface area contributed by atoms with Crippen molar-refractivity contribution in [1.29, 1.82) is 0 Å². The van der Waals surface area contributed by atoms with E-state index in [2.05, 4.69) is 0 Å².